The number of ether oxygens (including phenoxy) is 2. The Bertz CT molecular complexity index is 1160. The summed E-state index contributed by atoms with van der Waals surface area (Å²) in [5.74, 6) is 0.232. The Morgan fingerprint density at radius 1 is 0.969 bits per heavy atom. The second-order valence-corrected chi connectivity index (χ2v) is 9.18. The smallest absolute Gasteiger partial charge is 0.238 e. The van der Waals surface area contributed by atoms with Crippen molar-refractivity contribution >= 4 is 34.8 Å². The number of fused-ring (bicyclic) bond motifs is 8. The van der Waals surface area contributed by atoms with Crippen LogP contribution in [0.3, 0.4) is 0 Å². The zero-order chi connectivity index (χ0) is 22.1. The van der Waals surface area contributed by atoms with Gasteiger partial charge in [0, 0.05) is 28.5 Å². The Morgan fingerprint density at radius 3 is 2.38 bits per heavy atom. The number of anilines is 1. The number of rotatable bonds is 4. The number of methoxy groups -OCH3 is 2. The third-order valence-electron chi connectivity index (χ3n) is 7.46. The topological polar surface area (TPSA) is 77.4 Å². The Hall–Kier alpha value is -3.06. The van der Waals surface area contributed by atoms with Gasteiger partial charge in [-0.1, -0.05) is 16.8 Å². The molecule has 0 unspecified atom stereocenters. The summed E-state index contributed by atoms with van der Waals surface area (Å²) in [5.41, 5.74) is 2.18. The maximum Gasteiger partial charge on any atom is 0.238 e. The molecule has 2 saturated carbocycles. The first kappa shape index (κ1) is 19.6. The number of imide groups is 1. The lowest BCUT2D eigenvalue weighted by atomic mass is 9.71. The van der Waals surface area contributed by atoms with E-state index in [2.05, 4.69) is 5.16 Å². The van der Waals surface area contributed by atoms with E-state index in [1.165, 1.54) is 4.90 Å². The lowest BCUT2D eigenvalue weighted by molar-refractivity contribution is -0.125. The molecular formula is C24H21ClN2O5. The second-order valence-electron chi connectivity index (χ2n) is 8.74. The molecule has 2 amide bonds. The quantitative estimate of drug-likeness (QED) is 0.663. The maximum atomic E-state index is 13.5. The van der Waals surface area contributed by atoms with Gasteiger partial charge in [0.1, 0.15) is 17.6 Å². The van der Waals surface area contributed by atoms with Crippen LogP contribution in [0.25, 0.3) is 0 Å². The molecule has 3 fully saturated rings. The van der Waals surface area contributed by atoms with Crippen LogP contribution in [0.4, 0.5) is 5.69 Å². The van der Waals surface area contributed by atoms with Crippen LogP contribution in [-0.4, -0.2) is 37.8 Å². The van der Waals surface area contributed by atoms with Gasteiger partial charge in [-0.2, -0.15) is 0 Å². The van der Waals surface area contributed by atoms with Gasteiger partial charge < -0.3 is 14.3 Å². The minimum absolute atomic E-state index is 0.00296. The van der Waals surface area contributed by atoms with Crippen molar-refractivity contribution in [3.63, 3.8) is 0 Å². The molecule has 8 heteroatoms. The molecule has 0 aromatic heterocycles. The van der Waals surface area contributed by atoms with Crippen LogP contribution in [0.5, 0.6) is 11.5 Å². The maximum absolute atomic E-state index is 13.5. The average molecular weight is 453 g/mol. The van der Waals surface area contributed by atoms with Gasteiger partial charge in [-0.15, -0.1) is 0 Å². The Kier molecular flexibility index (Phi) is 4.27. The summed E-state index contributed by atoms with van der Waals surface area (Å²) in [6, 6.07) is 12.4. The van der Waals surface area contributed by atoms with E-state index in [4.69, 9.17) is 25.9 Å². The number of hydrogen-bond acceptors (Lipinski definition) is 6. The van der Waals surface area contributed by atoms with Crippen molar-refractivity contribution in [3.05, 3.63) is 53.1 Å². The number of amides is 2. The molecule has 7 nitrogen and oxygen atoms in total. The van der Waals surface area contributed by atoms with Crippen LogP contribution in [0.2, 0.25) is 5.02 Å². The van der Waals surface area contributed by atoms with Gasteiger partial charge in [0.05, 0.1) is 37.5 Å². The van der Waals surface area contributed by atoms with E-state index in [9.17, 15) is 9.59 Å². The molecular weight excluding hydrogens is 432 g/mol. The highest BCUT2D eigenvalue weighted by atomic mass is 35.5. The number of oxime groups is 1. The van der Waals surface area contributed by atoms with Crippen molar-refractivity contribution in [2.24, 2.45) is 34.7 Å². The highest BCUT2D eigenvalue weighted by Gasteiger charge is 2.70. The lowest BCUT2D eigenvalue weighted by Gasteiger charge is -2.30. The van der Waals surface area contributed by atoms with Gasteiger partial charge in [0.25, 0.3) is 0 Å². The average Bonchev–Trinajstić information content (AvgIpc) is 3.54. The molecule has 4 aliphatic rings. The predicted octanol–water partition coefficient (Wildman–Crippen LogP) is 3.53. The number of carbonyl (C=O) groups is 2. The number of hydrogen-bond donors (Lipinski definition) is 0. The van der Waals surface area contributed by atoms with E-state index >= 15 is 0 Å². The van der Waals surface area contributed by atoms with Crippen molar-refractivity contribution < 1.29 is 23.9 Å². The molecule has 1 saturated heterocycles. The standard InChI is InChI=1S/C24H21ClN2O5/c1-30-13-7-8-14(17(9-13)31-2)21-20-15-10-16(22(20)32-26-21)19-18(15)23(28)27(24(19)29)12-5-3-11(25)4-6-12/h3-9,15-16,18-20,22H,10H2,1-2H3/t15-,16+,18+,19+,20-,22-/m1/s1. The first-order chi connectivity index (χ1) is 15.5. The predicted molar refractivity (Wildman–Crippen MR) is 117 cm³/mol. The van der Waals surface area contributed by atoms with Gasteiger partial charge in [-0.3, -0.25) is 14.5 Å². The molecule has 2 heterocycles. The van der Waals surface area contributed by atoms with Crippen LogP contribution in [0.1, 0.15) is 12.0 Å². The van der Waals surface area contributed by atoms with Gasteiger partial charge in [0.15, 0.2) is 0 Å². The molecule has 0 spiro atoms. The van der Waals surface area contributed by atoms with Crippen LogP contribution < -0.4 is 14.4 Å². The molecule has 2 aliphatic carbocycles. The normalized spacial score (nSPS) is 32.0. The van der Waals surface area contributed by atoms with Crippen molar-refractivity contribution in [1.82, 2.24) is 0 Å². The molecule has 0 N–H and O–H groups in total. The van der Waals surface area contributed by atoms with E-state index < -0.39 is 0 Å². The number of carbonyl (C=O) groups excluding carboxylic acids is 2. The lowest BCUT2D eigenvalue weighted by Crippen LogP contribution is -2.41. The minimum atomic E-state index is -0.364. The molecule has 6 rings (SSSR count). The Balaban J connectivity index is 1.35. The summed E-state index contributed by atoms with van der Waals surface area (Å²) in [7, 11) is 3.21. The van der Waals surface area contributed by atoms with Crippen LogP contribution in [0.15, 0.2) is 47.6 Å². The first-order valence-corrected chi connectivity index (χ1v) is 11.0. The van der Waals surface area contributed by atoms with Crippen LogP contribution in [0, 0.1) is 29.6 Å². The fraction of sp³-hybridized carbons (Fsp3) is 0.375. The summed E-state index contributed by atoms with van der Waals surface area (Å²) in [6.45, 7) is 0. The SMILES string of the molecule is COc1ccc(C2=NO[C@@H]3[C@H]4C[C@@H]([C@H]23)[C@@H]2C(=O)N(c3ccc(Cl)cc3)C(=O)[C@@H]42)c(OC)c1. The molecule has 2 aliphatic heterocycles. The van der Waals surface area contributed by atoms with Gasteiger partial charge in [0.2, 0.25) is 11.8 Å². The summed E-state index contributed by atoms with van der Waals surface area (Å²) in [5, 5.41) is 4.97. The second kappa shape index (κ2) is 6.97. The molecule has 6 atom stereocenters. The van der Waals surface area contributed by atoms with Crippen LogP contribution >= 0.6 is 11.6 Å². The number of benzene rings is 2. The van der Waals surface area contributed by atoms with Crippen molar-refractivity contribution in [2.45, 2.75) is 12.5 Å². The third-order valence-corrected chi connectivity index (χ3v) is 7.71. The van der Waals surface area contributed by atoms with E-state index in [1.807, 2.05) is 18.2 Å². The first-order valence-electron chi connectivity index (χ1n) is 10.6. The molecule has 2 aromatic rings. The highest BCUT2D eigenvalue weighted by Crippen LogP contribution is 2.62. The monoisotopic (exact) mass is 452 g/mol. The fourth-order valence-electron chi connectivity index (χ4n) is 6.20. The number of halogens is 1. The summed E-state index contributed by atoms with van der Waals surface area (Å²) in [6.07, 6.45) is 0.582. The fourth-order valence-corrected chi connectivity index (χ4v) is 6.33. The Morgan fingerprint density at radius 2 is 1.69 bits per heavy atom. The van der Waals surface area contributed by atoms with E-state index in [-0.39, 0.29) is 47.5 Å². The molecule has 0 radical (unpaired) electrons. The molecule has 32 heavy (non-hydrogen) atoms. The minimum Gasteiger partial charge on any atom is -0.497 e. The zero-order valence-electron chi connectivity index (χ0n) is 17.5. The number of nitrogens with zero attached hydrogens (tertiary/aromatic N) is 2. The van der Waals surface area contributed by atoms with E-state index in [1.54, 1.807) is 38.5 Å². The van der Waals surface area contributed by atoms with Gasteiger partial charge in [-0.25, -0.2) is 0 Å². The van der Waals surface area contributed by atoms with E-state index in [0.717, 1.165) is 17.7 Å². The Labute approximate surface area is 189 Å². The highest BCUT2D eigenvalue weighted by molar-refractivity contribution is 6.31. The van der Waals surface area contributed by atoms with E-state index in [0.29, 0.717) is 22.2 Å². The van der Waals surface area contributed by atoms with Crippen molar-refractivity contribution in [2.75, 3.05) is 19.1 Å². The van der Waals surface area contributed by atoms with Crippen molar-refractivity contribution in [1.29, 1.82) is 0 Å². The summed E-state index contributed by atoms with van der Waals surface area (Å²) in [4.78, 5) is 34.0. The molecule has 164 valence electrons. The molecule has 2 bridgehead atoms. The zero-order valence-corrected chi connectivity index (χ0v) is 18.3. The van der Waals surface area contributed by atoms with Gasteiger partial charge >= 0.3 is 0 Å². The molecule has 2 aromatic carbocycles. The largest absolute Gasteiger partial charge is 0.497 e. The summed E-state index contributed by atoms with van der Waals surface area (Å²) < 4.78 is 10.9. The van der Waals surface area contributed by atoms with Crippen LogP contribution in [-0.2, 0) is 14.4 Å². The summed E-state index contributed by atoms with van der Waals surface area (Å²) >= 11 is 5.99. The van der Waals surface area contributed by atoms with Crippen molar-refractivity contribution in [3.8, 4) is 11.5 Å². The van der Waals surface area contributed by atoms with Gasteiger partial charge in [-0.05, 0) is 48.7 Å². The third kappa shape index (κ3) is 2.51.